The maximum absolute atomic E-state index is 12.0. The highest BCUT2D eigenvalue weighted by molar-refractivity contribution is 7.89. The Morgan fingerprint density at radius 2 is 1.90 bits per heavy atom. The molecule has 6 nitrogen and oxygen atoms in total. The van der Waals surface area contributed by atoms with Crippen LogP contribution in [0, 0.1) is 0 Å². The van der Waals surface area contributed by atoms with Crippen LogP contribution in [0.5, 0.6) is 0 Å². The van der Waals surface area contributed by atoms with Crippen LogP contribution in [0.15, 0.2) is 29.2 Å². The lowest BCUT2D eigenvalue weighted by atomic mass is 9.81. The van der Waals surface area contributed by atoms with E-state index in [4.69, 9.17) is 0 Å². The van der Waals surface area contributed by atoms with Crippen molar-refractivity contribution in [3.05, 3.63) is 29.8 Å². The van der Waals surface area contributed by atoms with Gasteiger partial charge in [-0.2, -0.15) is 0 Å². The first kappa shape index (κ1) is 15.0. The zero-order valence-corrected chi connectivity index (χ0v) is 12.0. The van der Waals surface area contributed by atoms with Crippen LogP contribution < -0.4 is 10.0 Å². The summed E-state index contributed by atoms with van der Waals surface area (Å²) in [6.07, 6.45) is 2.15. The predicted molar refractivity (Wildman–Crippen MR) is 73.8 cm³/mol. The largest absolute Gasteiger partial charge is 0.389 e. The summed E-state index contributed by atoms with van der Waals surface area (Å²) >= 11 is 0. The van der Waals surface area contributed by atoms with Crippen LogP contribution in [-0.2, 0) is 10.0 Å². The third kappa shape index (κ3) is 3.17. The standard InChI is InChI=1S/C13H18N2O4S/c1-14-12(16)10-3-5-11(6-4-10)20(18,19)15-9-13(17)7-2-8-13/h3-6,15,17H,2,7-9H2,1H3,(H,14,16). The number of aliphatic hydroxyl groups is 1. The molecule has 1 aliphatic rings. The van der Waals surface area contributed by atoms with E-state index in [1.807, 2.05) is 0 Å². The quantitative estimate of drug-likeness (QED) is 0.725. The van der Waals surface area contributed by atoms with Crippen molar-refractivity contribution in [3.8, 4) is 0 Å². The Labute approximate surface area is 118 Å². The highest BCUT2D eigenvalue weighted by Crippen LogP contribution is 2.31. The molecule has 1 saturated carbocycles. The molecule has 0 bridgehead atoms. The van der Waals surface area contributed by atoms with Crippen LogP contribution in [0.3, 0.4) is 0 Å². The monoisotopic (exact) mass is 298 g/mol. The summed E-state index contributed by atoms with van der Waals surface area (Å²) in [5.74, 6) is -0.273. The summed E-state index contributed by atoms with van der Waals surface area (Å²) in [4.78, 5) is 11.4. The van der Waals surface area contributed by atoms with Crippen molar-refractivity contribution in [1.29, 1.82) is 0 Å². The second-order valence-electron chi connectivity index (χ2n) is 5.01. The number of carbonyl (C=O) groups is 1. The molecule has 0 spiro atoms. The molecule has 2 rings (SSSR count). The molecule has 1 aromatic rings. The van der Waals surface area contributed by atoms with Gasteiger partial charge in [0.1, 0.15) is 0 Å². The minimum Gasteiger partial charge on any atom is -0.389 e. The van der Waals surface area contributed by atoms with Gasteiger partial charge in [-0.15, -0.1) is 0 Å². The average molecular weight is 298 g/mol. The lowest BCUT2D eigenvalue weighted by Gasteiger charge is -2.36. The third-order valence-corrected chi connectivity index (χ3v) is 4.95. The summed E-state index contributed by atoms with van der Waals surface area (Å²) in [5, 5.41) is 12.4. The minimum atomic E-state index is -3.66. The lowest BCUT2D eigenvalue weighted by Crippen LogP contribution is -2.47. The van der Waals surface area contributed by atoms with Crippen molar-refractivity contribution in [2.75, 3.05) is 13.6 Å². The molecule has 7 heteroatoms. The Balaban J connectivity index is 2.07. The van der Waals surface area contributed by atoms with E-state index >= 15 is 0 Å². The molecule has 0 unspecified atom stereocenters. The Hall–Kier alpha value is -1.44. The van der Waals surface area contributed by atoms with Gasteiger partial charge >= 0.3 is 0 Å². The van der Waals surface area contributed by atoms with Gasteiger partial charge in [0.05, 0.1) is 10.5 Å². The maximum atomic E-state index is 12.0. The average Bonchev–Trinajstić information content (AvgIpc) is 2.42. The molecule has 0 radical (unpaired) electrons. The van der Waals surface area contributed by atoms with Crippen LogP contribution in [0.1, 0.15) is 29.6 Å². The molecule has 1 aromatic carbocycles. The Bertz CT molecular complexity index is 591. The van der Waals surface area contributed by atoms with Crippen LogP contribution >= 0.6 is 0 Å². The van der Waals surface area contributed by atoms with Gasteiger partial charge in [-0.1, -0.05) is 0 Å². The van der Waals surface area contributed by atoms with Crippen molar-refractivity contribution in [3.63, 3.8) is 0 Å². The zero-order valence-electron chi connectivity index (χ0n) is 11.2. The van der Waals surface area contributed by atoms with Crippen LogP contribution in [-0.4, -0.2) is 38.6 Å². The van der Waals surface area contributed by atoms with E-state index in [2.05, 4.69) is 10.0 Å². The molecule has 3 N–H and O–H groups in total. The molecule has 0 heterocycles. The second kappa shape index (κ2) is 5.51. The SMILES string of the molecule is CNC(=O)c1ccc(S(=O)(=O)NCC2(O)CCC2)cc1. The van der Waals surface area contributed by atoms with E-state index in [9.17, 15) is 18.3 Å². The fourth-order valence-corrected chi connectivity index (χ4v) is 3.12. The predicted octanol–water partition coefficient (Wildman–Crippen LogP) is 0.239. The molecule has 0 aliphatic heterocycles. The maximum Gasteiger partial charge on any atom is 0.251 e. The van der Waals surface area contributed by atoms with Crippen LogP contribution in [0.4, 0.5) is 0 Å². The number of hydrogen-bond donors (Lipinski definition) is 3. The summed E-state index contributed by atoms with van der Waals surface area (Å²) in [6.45, 7) is 0.0204. The van der Waals surface area contributed by atoms with Gasteiger partial charge in [0.2, 0.25) is 10.0 Å². The lowest BCUT2D eigenvalue weighted by molar-refractivity contribution is -0.0270. The van der Waals surface area contributed by atoms with Gasteiger partial charge in [0.15, 0.2) is 0 Å². The van der Waals surface area contributed by atoms with Gasteiger partial charge in [-0.3, -0.25) is 4.79 Å². The van der Waals surface area contributed by atoms with Gasteiger partial charge in [0, 0.05) is 19.2 Å². The van der Waals surface area contributed by atoms with E-state index < -0.39 is 15.6 Å². The van der Waals surface area contributed by atoms with E-state index in [1.165, 1.54) is 31.3 Å². The number of hydrogen-bond acceptors (Lipinski definition) is 4. The summed E-state index contributed by atoms with van der Waals surface area (Å²) < 4.78 is 26.5. The highest BCUT2D eigenvalue weighted by atomic mass is 32.2. The summed E-state index contributed by atoms with van der Waals surface area (Å²) in [7, 11) is -2.15. The highest BCUT2D eigenvalue weighted by Gasteiger charge is 2.35. The van der Waals surface area contributed by atoms with Crippen molar-refractivity contribution in [1.82, 2.24) is 10.0 Å². The van der Waals surface area contributed by atoms with Crippen molar-refractivity contribution in [2.24, 2.45) is 0 Å². The molecular weight excluding hydrogens is 280 g/mol. The van der Waals surface area contributed by atoms with Crippen LogP contribution in [0.2, 0.25) is 0 Å². The Kier molecular flexibility index (Phi) is 4.12. The number of rotatable bonds is 5. The first-order valence-corrected chi connectivity index (χ1v) is 7.89. The van der Waals surface area contributed by atoms with E-state index in [0.717, 1.165) is 6.42 Å². The van der Waals surface area contributed by atoms with E-state index in [0.29, 0.717) is 18.4 Å². The summed E-state index contributed by atoms with van der Waals surface area (Å²) in [6, 6.07) is 5.65. The topological polar surface area (TPSA) is 95.5 Å². The van der Waals surface area contributed by atoms with E-state index in [1.54, 1.807) is 0 Å². The van der Waals surface area contributed by atoms with Gasteiger partial charge in [0.25, 0.3) is 5.91 Å². The smallest absolute Gasteiger partial charge is 0.251 e. The molecule has 1 aliphatic carbocycles. The molecule has 1 fully saturated rings. The summed E-state index contributed by atoms with van der Waals surface area (Å²) in [5.41, 5.74) is -0.515. The van der Waals surface area contributed by atoms with Gasteiger partial charge < -0.3 is 10.4 Å². The molecule has 0 saturated heterocycles. The van der Waals surface area contributed by atoms with Gasteiger partial charge in [-0.05, 0) is 43.5 Å². The van der Waals surface area contributed by atoms with Crippen LogP contribution in [0.25, 0.3) is 0 Å². The third-order valence-electron chi connectivity index (χ3n) is 3.53. The van der Waals surface area contributed by atoms with E-state index in [-0.39, 0.29) is 17.3 Å². The fourth-order valence-electron chi connectivity index (χ4n) is 2.00. The molecule has 0 atom stereocenters. The molecule has 0 aromatic heterocycles. The zero-order chi connectivity index (χ0) is 14.8. The number of carbonyl (C=O) groups excluding carboxylic acids is 1. The van der Waals surface area contributed by atoms with Crippen molar-refractivity contribution < 1.29 is 18.3 Å². The van der Waals surface area contributed by atoms with Crippen molar-refractivity contribution in [2.45, 2.75) is 29.8 Å². The first-order valence-electron chi connectivity index (χ1n) is 6.40. The Morgan fingerprint density at radius 1 is 1.30 bits per heavy atom. The molecule has 20 heavy (non-hydrogen) atoms. The number of benzene rings is 1. The molecular formula is C13H18N2O4S. The molecule has 110 valence electrons. The molecule has 1 amide bonds. The minimum absolute atomic E-state index is 0.0204. The number of sulfonamides is 1. The number of amides is 1. The van der Waals surface area contributed by atoms with Gasteiger partial charge in [-0.25, -0.2) is 13.1 Å². The second-order valence-corrected chi connectivity index (χ2v) is 6.77. The first-order chi connectivity index (χ1) is 9.36. The van der Waals surface area contributed by atoms with Crippen molar-refractivity contribution >= 4 is 15.9 Å². The Morgan fingerprint density at radius 3 is 2.35 bits per heavy atom. The fraction of sp³-hybridized carbons (Fsp3) is 0.462. The normalized spacial score (nSPS) is 17.3. The number of nitrogens with one attached hydrogen (secondary N) is 2.